The number of hydrogen-bond acceptors (Lipinski definition) is 3. The number of allylic oxidation sites excluding steroid dienone is 1. The van der Waals surface area contributed by atoms with Crippen LogP contribution in [0.3, 0.4) is 0 Å². The minimum Gasteiger partial charge on any atom is -0.459 e. The summed E-state index contributed by atoms with van der Waals surface area (Å²) >= 11 is 3.12. The van der Waals surface area contributed by atoms with Gasteiger partial charge >= 0.3 is 12.0 Å². The molecule has 2 rings (SSSR count). The third-order valence-electron chi connectivity index (χ3n) is 3.59. The van der Waals surface area contributed by atoms with Crippen molar-refractivity contribution in [2.45, 2.75) is 32.9 Å². The van der Waals surface area contributed by atoms with E-state index in [2.05, 4.69) is 21.2 Å². The van der Waals surface area contributed by atoms with Gasteiger partial charge in [0.15, 0.2) is 0 Å². The van der Waals surface area contributed by atoms with Crippen LogP contribution in [-0.2, 0) is 9.53 Å². The molecule has 0 bridgehead atoms. The molecule has 2 amide bonds. The zero-order valence-electron chi connectivity index (χ0n) is 13.3. The Morgan fingerprint density at radius 2 is 2.09 bits per heavy atom. The Bertz CT molecular complexity index is 688. The summed E-state index contributed by atoms with van der Waals surface area (Å²) in [5.74, 6) is -0.921. The highest BCUT2D eigenvalue weighted by molar-refractivity contribution is 9.10. The van der Waals surface area contributed by atoms with Gasteiger partial charge in [0.2, 0.25) is 0 Å². The van der Waals surface area contributed by atoms with Crippen LogP contribution in [0.1, 0.15) is 32.4 Å². The van der Waals surface area contributed by atoms with Crippen LogP contribution in [0, 0.1) is 5.82 Å². The standard InChI is InChI=1S/C16H18BrFN2O3/c1-8(2)23-15(21)13-9(3)20(4)16(22)19-14(13)10-5-6-12(18)11(17)7-10/h5-8,14H,1-4H3,(H,19,22). The second kappa shape index (κ2) is 6.70. The molecule has 7 heteroatoms. The average Bonchev–Trinajstić information content (AvgIpc) is 2.46. The van der Waals surface area contributed by atoms with Crippen molar-refractivity contribution in [1.29, 1.82) is 0 Å². The Morgan fingerprint density at radius 1 is 1.43 bits per heavy atom. The molecule has 1 N–H and O–H groups in total. The second-order valence-electron chi connectivity index (χ2n) is 5.57. The Hall–Kier alpha value is -1.89. The fraction of sp³-hybridized carbons (Fsp3) is 0.375. The quantitative estimate of drug-likeness (QED) is 0.811. The maximum absolute atomic E-state index is 13.5. The maximum atomic E-state index is 13.5. The maximum Gasteiger partial charge on any atom is 0.338 e. The van der Waals surface area contributed by atoms with Gasteiger partial charge in [-0.15, -0.1) is 0 Å². The number of ether oxygens (including phenoxy) is 1. The fourth-order valence-corrected chi connectivity index (χ4v) is 2.72. The molecule has 1 aliphatic rings. The number of rotatable bonds is 3. The Labute approximate surface area is 142 Å². The van der Waals surface area contributed by atoms with Crippen molar-refractivity contribution in [2.24, 2.45) is 0 Å². The Kier molecular flexibility index (Phi) is 5.09. The van der Waals surface area contributed by atoms with Crippen molar-refractivity contribution in [2.75, 3.05) is 7.05 Å². The molecule has 1 unspecified atom stereocenters. The van der Waals surface area contributed by atoms with Crippen LogP contribution in [0.15, 0.2) is 33.9 Å². The van der Waals surface area contributed by atoms with Crippen LogP contribution in [0.25, 0.3) is 0 Å². The summed E-state index contributed by atoms with van der Waals surface area (Å²) in [6.45, 7) is 5.19. The molecule has 1 aliphatic heterocycles. The summed E-state index contributed by atoms with van der Waals surface area (Å²) in [6, 6.07) is 3.33. The predicted octanol–water partition coefficient (Wildman–Crippen LogP) is 3.51. The lowest BCUT2D eigenvalue weighted by Crippen LogP contribution is -2.46. The summed E-state index contributed by atoms with van der Waals surface area (Å²) in [4.78, 5) is 25.9. The number of benzene rings is 1. The van der Waals surface area contributed by atoms with Gasteiger partial charge in [-0.3, -0.25) is 0 Å². The molecule has 0 radical (unpaired) electrons. The molecule has 1 heterocycles. The molecule has 0 saturated carbocycles. The molecule has 23 heavy (non-hydrogen) atoms. The summed E-state index contributed by atoms with van der Waals surface area (Å²) in [5.41, 5.74) is 1.43. The fourth-order valence-electron chi connectivity index (χ4n) is 2.32. The first-order chi connectivity index (χ1) is 10.7. The molecule has 0 fully saturated rings. The first-order valence-corrected chi connectivity index (χ1v) is 7.92. The minimum absolute atomic E-state index is 0.261. The number of carbonyl (C=O) groups excluding carboxylic acids is 2. The van der Waals surface area contributed by atoms with Gasteiger partial charge in [-0.25, -0.2) is 14.0 Å². The second-order valence-corrected chi connectivity index (χ2v) is 6.42. The summed E-state index contributed by atoms with van der Waals surface area (Å²) in [6.07, 6.45) is -0.286. The largest absolute Gasteiger partial charge is 0.459 e. The highest BCUT2D eigenvalue weighted by Gasteiger charge is 2.35. The van der Waals surface area contributed by atoms with E-state index >= 15 is 0 Å². The Morgan fingerprint density at radius 3 is 2.65 bits per heavy atom. The van der Waals surface area contributed by atoms with Crippen LogP contribution in [0.4, 0.5) is 9.18 Å². The molecular formula is C16H18BrFN2O3. The van der Waals surface area contributed by atoms with E-state index in [9.17, 15) is 14.0 Å². The van der Waals surface area contributed by atoms with Crippen LogP contribution < -0.4 is 5.32 Å². The molecule has 5 nitrogen and oxygen atoms in total. The first-order valence-electron chi connectivity index (χ1n) is 7.13. The Balaban J connectivity index is 2.51. The number of hydrogen-bond donors (Lipinski definition) is 1. The topological polar surface area (TPSA) is 58.6 Å². The van der Waals surface area contributed by atoms with E-state index in [0.717, 1.165) is 0 Å². The van der Waals surface area contributed by atoms with E-state index in [-0.39, 0.29) is 16.6 Å². The van der Waals surface area contributed by atoms with Gasteiger partial charge < -0.3 is 15.0 Å². The molecule has 1 aromatic carbocycles. The molecule has 0 aliphatic carbocycles. The smallest absolute Gasteiger partial charge is 0.338 e. The third-order valence-corrected chi connectivity index (χ3v) is 4.20. The molecule has 1 atom stereocenters. The van der Waals surface area contributed by atoms with Crippen molar-refractivity contribution in [3.05, 3.63) is 45.3 Å². The van der Waals surface area contributed by atoms with Crippen molar-refractivity contribution in [3.63, 3.8) is 0 Å². The molecule has 1 aromatic rings. The van der Waals surface area contributed by atoms with Gasteiger partial charge in [0.1, 0.15) is 5.82 Å². The highest BCUT2D eigenvalue weighted by atomic mass is 79.9. The number of nitrogens with zero attached hydrogens (tertiary/aromatic N) is 1. The van der Waals surface area contributed by atoms with Gasteiger partial charge in [-0.05, 0) is 54.4 Å². The number of nitrogens with one attached hydrogen (secondary N) is 1. The van der Waals surface area contributed by atoms with Gasteiger partial charge in [-0.2, -0.15) is 0 Å². The van der Waals surface area contributed by atoms with E-state index in [1.807, 2.05) is 0 Å². The summed E-state index contributed by atoms with van der Waals surface area (Å²) in [7, 11) is 1.57. The van der Waals surface area contributed by atoms with Crippen molar-refractivity contribution in [3.8, 4) is 0 Å². The highest BCUT2D eigenvalue weighted by Crippen LogP contribution is 2.32. The van der Waals surface area contributed by atoms with Crippen LogP contribution >= 0.6 is 15.9 Å². The van der Waals surface area contributed by atoms with Crippen LogP contribution in [0.5, 0.6) is 0 Å². The monoisotopic (exact) mass is 384 g/mol. The van der Waals surface area contributed by atoms with Crippen molar-refractivity contribution >= 4 is 27.9 Å². The normalized spacial score (nSPS) is 18.3. The van der Waals surface area contributed by atoms with Crippen LogP contribution in [-0.4, -0.2) is 30.1 Å². The number of urea groups is 1. The van der Waals surface area contributed by atoms with E-state index in [1.54, 1.807) is 33.9 Å². The lowest BCUT2D eigenvalue weighted by atomic mass is 9.95. The molecule has 0 aromatic heterocycles. The van der Waals surface area contributed by atoms with Gasteiger partial charge in [-0.1, -0.05) is 6.07 Å². The number of halogens is 2. The van der Waals surface area contributed by atoms with Gasteiger partial charge in [0, 0.05) is 12.7 Å². The molecule has 0 saturated heterocycles. The average molecular weight is 385 g/mol. The van der Waals surface area contributed by atoms with Crippen molar-refractivity contribution < 1.29 is 18.7 Å². The zero-order valence-corrected chi connectivity index (χ0v) is 14.9. The lowest BCUT2D eigenvalue weighted by Gasteiger charge is -2.33. The predicted molar refractivity (Wildman–Crippen MR) is 87.1 cm³/mol. The number of amides is 2. The van der Waals surface area contributed by atoms with E-state index < -0.39 is 17.8 Å². The summed E-state index contributed by atoms with van der Waals surface area (Å²) in [5, 5.41) is 2.75. The minimum atomic E-state index is -0.693. The third kappa shape index (κ3) is 3.55. The molecule has 124 valence electrons. The van der Waals surface area contributed by atoms with E-state index in [0.29, 0.717) is 16.8 Å². The first kappa shape index (κ1) is 17.5. The number of carbonyl (C=O) groups is 2. The summed E-state index contributed by atoms with van der Waals surface area (Å²) < 4.78 is 19.0. The molecular weight excluding hydrogens is 367 g/mol. The lowest BCUT2D eigenvalue weighted by molar-refractivity contribution is -0.143. The van der Waals surface area contributed by atoms with Gasteiger partial charge in [0.25, 0.3) is 0 Å². The van der Waals surface area contributed by atoms with Crippen molar-refractivity contribution in [1.82, 2.24) is 10.2 Å². The van der Waals surface area contributed by atoms with E-state index in [4.69, 9.17) is 4.74 Å². The van der Waals surface area contributed by atoms with Gasteiger partial charge in [0.05, 0.1) is 22.2 Å². The van der Waals surface area contributed by atoms with Crippen LogP contribution in [0.2, 0.25) is 0 Å². The van der Waals surface area contributed by atoms with E-state index in [1.165, 1.54) is 17.0 Å². The SMILES string of the molecule is CC1=C(C(=O)OC(C)C)C(c2ccc(F)c(Br)c2)NC(=O)N1C. The molecule has 0 spiro atoms. The number of esters is 1. The zero-order chi connectivity index (χ0) is 17.3.